The Morgan fingerprint density at radius 2 is 1.95 bits per heavy atom. The second-order valence-corrected chi connectivity index (χ2v) is 4.44. The first-order valence-corrected chi connectivity index (χ1v) is 5.87. The zero-order chi connectivity index (χ0) is 13.4. The maximum Gasteiger partial charge on any atom is 0.177 e. The predicted octanol–water partition coefficient (Wildman–Crippen LogP) is 3.14. The Balaban J connectivity index is 2.01. The van der Waals surface area contributed by atoms with Crippen molar-refractivity contribution in [2.75, 3.05) is 0 Å². The summed E-state index contributed by atoms with van der Waals surface area (Å²) in [6.45, 7) is 1.92. The Labute approximate surface area is 108 Å². The summed E-state index contributed by atoms with van der Waals surface area (Å²) in [5.74, 6) is -0.633. The van der Waals surface area contributed by atoms with Gasteiger partial charge in [-0.3, -0.25) is 0 Å². The highest BCUT2D eigenvalue weighted by Crippen LogP contribution is 2.17. The maximum atomic E-state index is 13.6. The molecule has 19 heavy (non-hydrogen) atoms. The van der Waals surface area contributed by atoms with E-state index in [2.05, 4.69) is 15.0 Å². The number of nitrogens with one attached hydrogen (secondary N) is 1. The van der Waals surface area contributed by atoms with E-state index in [0.29, 0.717) is 11.5 Å². The summed E-state index contributed by atoms with van der Waals surface area (Å²) < 4.78 is 27.1. The molecule has 0 unspecified atom stereocenters. The third-order valence-corrected chi connectivity index (χ3v) is 2.93. The van der Waals surface area contributed by atoms with Crippen molar-refractivity contribution in [3.63, 3.8) is 0 Å². The molecule has 1 aromatic carbocycles. The summed E-state index contributed by atoms with van der Waals surface area (Å²) in [7, 11) is 0. The van der Waals surface area contributed by atoms with Gasteiger partial charge in [0.25, 0.3) is 0 Å². The monoisotopic (exact) mass is 259 g/mol. The Morgan fingerprint density at radius 1 is 1.21 bits per heavy atom. The highest BCUT2D eigenvalue weighted by atomic mass is 19.1. The predicted molar refractivity (Wildman–Crippen MR) is 67.8 cm³/mol. The van der Waals surface area contributed by atoms with Crippen LogP contribution in [0.3, 0.4) is 0 Å². The van der Waals surface area contributed by atoms with Gasteiger partial charge < -0.3 is 4.98 Å². The number of benzene rings is 1. The van der Waals surface area contributed by atoms with Crippen LogP contribution in [0, 0.1) is 18.6 Å². The number of hydrogen-bond donors (Lipinski definition) is 1. The highest BCUT2D eigenvalue weighted by Gasteiger charge is 2.12. The van der Waals surface area contributed by atoms with Gasteiger partial charge in [-0.2, -0.15) is 0 Å². The van der Waals surface area contributed by atoms with Gasteiger partial charge in [0, 0.05) is 18.2 Å². The Bertz CT molecular complexity index is 729. The topological polar surface area (TPSA) is 41.6 Å². The van der Waals surface area contributed by atoms with Crippen molar-refractivity contribution in [3.8, 4) is 0 Å². The first-order chi connectivity index (χ1) is 9.13. The van der Waals surface area contributed by atoms with E-state index in [1.54, 1.807) is 6.20 Å². The summed E-state index contributed by atoms with van der Waals surface area (Å²) >= 11 is 0. The van der Waals surface area contributed by atoms with Crippen LogP contribution in [0.4, 0.5) is 8.78 Å². The molecule has 5 heteroatoms. The van der Waals surface area contributed by atoms with Crippen LogP contribution in [0.2, 0.25) is 0 Å². The van der Waals surface area contributed by atoms with E-state index >= 15 is 0 Å². The lowest BCUT2D eigenvalue weighted by Gasteiger charge is -2.01. The quantitative estimate of drug-likeness (QED) is 0.768. The van der Waals surface area contributed by atoms with Gasteiger partial charge >= 0.3 is 0 Å². The lowest BCUT2D eigenvalue weighted by molar-refractivity contribution is 0.559. The minimum atomic E-state index is -0.565. The van der Waals surface area contributed by atoms with Crippen molar-refractivity contribution in [1.82, 2.24) is 15.0 Å². The summed E-state index contributed by atoms with van der Waals surface area (Å²) in [6, 6.07) is 5.72. The number of H-pyrrole nitrogens is 1. The fraction of sp³-hybridized carbons (Fsp3) is 0.143. The van der Waals surface area contributed by atoms with Crippen LogP contribution in [0.5, 0.6) is 0 Å². The minimum absolute atomic E-state index is 0.0123. The standard InChI is InChI=1S/C14H11F2N3/c1-8-5-12-14(17-7-8)19-13(18-12)6-9-10(15)3-2-4-11(9)16/h2-5,7H,6H2,1H3,(H,17,18,19). The van der Waals surface area contributed by atoms with E-state index in [9.17, 15) is 8.78 Å². The molecule has 3 aromatic rings. The van der Waals surface area contributed by atoms with Crippen molar-refractivity contribution >= 4 is 11.2 Å². The lowest BCUT2D eigenvalue weighted by atomic mass is 10.1. The first kappa shape index (κ1) is 11.8. The molecule has 3 nitrogen and oxygen atoms in total. The summed E-state index contributed by atoms with van der Waals surface area (Å²) in [5, 5.41) is 0. The number of nitrogens with zero attached hydrogens (tertiary/aromatic N) is 2. The molecule has 0 atom stereocenters. The van der Waals surface area contributed by atoms with Gasteiger partial charge in [0.2, 0.25) is 0 Å². The molecule has 1 N–H and O–H groups in total. The summed E-state index contributed by atoms with van der Waals surface area (Å²) in [5.41, 5.74) is 2.34. The molecule has 0 fully saturated rings. The van der Waals surface area contributed by atoms with E-state index in [0.717, 1.165) is 11.1 Å². The molecule has 0 bridgehead atoms. The number of aromatic nitrogens is 3. The minimum Gasteiger partial charge on any atom is -0.340 e. The van der Waals surface area contributed by atoms with Gasteiger partial charge in [0.15, 0.2) is 5.65 Å². The second kappa shape index (κ2) is 4.42. The van der Waals surface area contributed by atoms with Crippen LogP contribution in [0.1, 0.15) is 17.0 Å². The lowest BCUT2D eigenvalue weighted by Crippen LogP contribution is -1.98. The average Bonchev–Trinajstić information content (AvgIpc) is 2.75. The Kier molecular flexibility index (Phi) is 2.74. The molecule has 0 saturated heterocycles. The number of fused-ring (bicyclic) bond motifs is 1. The van der Waals surface area contributed by atoms with E-state index < -0.39 is 11.6 Å². The summed E-state index contributed by atoms with van der Waals surface area (Å²) in [4.78, 5) is 11.4. The van der Waals surface area contributed by atoms with Gasteiger partial charge in [0.05, 0.1) is 5.52 Å². The van der Waals surface area contributed by atoms with Gasteiger partial charge in [-0.15, -0.1) is 0 Å². The molecule has 0 saturated carbocycles. The van der Waals surface area contributed by atoms with Crippen LogP contribution in [-0.2, 0) is 6.42 Å². The number of hydrogen-bond acceptors (Lipinski definition) is 2. The number of rotatable bonds is 2. The molecule has 3 rings (SSSR count). The SMILES string of the molecule is Cc1cnc2nc(Cc3c(F)cccc3F)[nH]c2c1. The van der Waals surface area contributed by atoms with Crippen LogP contribution < -0.4 is 0 Å². The Morgan fingerprint density at radius 3 is 2.68 bits per heavy atom. The van der Waals surface area contributed by atoms with Gasteiger partial charge in [-0.1, -0.05) is 6.07 Å². The molecular formula is C14H11F2N3. The van der Waals surface area contributed by atoms with E-state index in [1.807, 2.05) is 13.0 Å². The third kappa shape index (κ3) is 2.19. The fourth-order valence-electron chi connectivity index (χ4n) is 2.01. The molecule has 2 heterocycles. The Hall–Kier alpha value is -2.30. The van der Waals surface area contributed by atoms with E-state index in [4.69, 9.17) is 0 Å². The molecule has 0 aliphatic carbocycles. The van der Waals surface area contributed by atoms with Crippen LogP contribution >= 0.6 is 0 Å². The highest BCUT2D eigenvalue weighted by molar-refractivity contribution is 5.71. The first-order valence-electron chi connectivity index (χ1n) is 5.87. The number of halogens is 2. The van der Waals surface area contributed by atoms with Gasteiger partial charge in [-0.05, 0) is 30.7 Å². The van der Waals surface area contributed by atoms with Crippen molar-refractivity contribution in [2.24, 2.45) is 0 Å². The van der Waals surface area contributed by atoms with Crippen LogP contribution in [0.25, 0.3) is 11.2 Å². The van der Waals surface area contributed by atoms with Gasteiger partial charge in [0.1, 0.15) is 17.5 Å². The van der Waals surface area contributed by atoms with E-state index in [1.165, 1.54) is 18.2 Å². The van der Waals surface area contributed by atoms with Crippen LogP contribution in [-0.4, -0.2) is 15.0 Å². The van der Waals surface area contributed by atoms with Crippen molar-refractivity contribution in [3.05, 3.63) is 59.0 Å². The molecule has 0 radical (unpaired) electrons. The van der Waals surface area contributed by atoms with Gasteiger partial charge in [-0.25, -0.2) is 18.7 Å². The summed E-state index contributed by atoms with van der Waals surface area (Å²) in [6.07, 6.45) is 1.78. The largest absolute Gasteiger partial charge is 0.340 e. The number of aromatic amines is 1. The van der Waals surface area contributed by atoms with Crippen molar-refractivity contribution in [2.45, 2.75) is 13.3 Å². The average molecular weight is 259 g/mol. The molecule has 0 spiro atoms. The molecule has 2 aromatic heterocycles. The van der Waals surface area contributed by atoms with Crippen LogP contribution in [0.15, 0.2) is 30.5 Å². The second-order valence-electron chi connectivity index (χ2n) is 4.44. The maximum absolute atomic E-state index is 13.6. The smallest absolute Gasteiger partial charge is 0.177 e. The molecule has 0 aliphatic rings. The number of pyridine rings is 1. The van der Waals surface area contributed by atoms with Crippen molar-refractivity contribution < 1.29 is 8.78 Å². The number of aryl methyl sites for hydroxylation is 1. The zero-order valence-corrected chi connectivity index (χ0v) is 10.2. The van der Waals surface area contributed by atoms with E-state index in [-0.39, 0.29) is 12.0 Å². The molecular weight excluding hydrogens is 248 g/mol. The molecule has 0 aliphatic heterocycles. The molecule has 0 amide bonds. The normalized spacial score (nSPS) is 11.1. The fourth-order valence-corrected chi connectivity index (χ4v) is 2.01. The van der Waals surface area contributed by atoms with Crippen molar-refractivity contribution in [1.29, 1.82) is 0 Å². The molecule has 96 valence electrons. The third-order valence-electron chi connectivity index (χ3n) is 2.93. The number of imidazole rings is 1. The zero-order valence-electron chi connectivity index (χ0n) is 10.2.